The predicted molar refractivity (Wildman–Crippen MR) is 173 cm³/mol. The van der Waals surface area contributed by atoms with Crippen LogP contribution in [0.3, 0.4) is 0 Å². The highest BCUT2D eigenvalue weighted by molar-refractivity contribution is 7.22. The molecule has 0 N–H and O–H groups in total. The van der Waals surface area contributed by atoms with Gasteiger partial charge in [0.2, 0.25) is 0 Å². The molecule has 0 saturated carbocycles. The number of fused-ring (bicyclic) bond motifs is 5. The molecule has 202 valence electrons. The van der Waals surface area contributed by atoms with Crippen molar-refractivity contribution in [3.05, 3.63) is 109 Å². The van der Waals surface area contributed by atoms with Crippen LogP contribution in [0.2, 0.25) is 0 Å². The highest BCUT2D eigenvalue weighted by atomic mass is 32.1. The molecule has 0 aliphatic rings. The Kier molecular flexibility index (Phi) is 5.40. The second kappa shape index (κ2) is 9.59. The van der Waals surface area contributed by atoms with E-state index in [0.717, 1.165) is 86.6 Å². The van der Waals surface area contributed by atoms with E-state index in [4.69, 9.17) is 24.4 Å². The summed E-state index contributed by atoms with van der Waals surface area (Å²) in [7, 11) is 0. The van der Waals surface area contributed by atoms with Gasteiger partial charge in [-0.15, -0.1) is 22.7 Å². The van der Waals surface area contributed by atoms with Crippen LogP contribution in [0.4, 0.5) is 0 Å². The Morgan fingerprint density at radius 1 is 0.442 bits per heavy atom. The summed E-state index contributed by atoms with van der Waals surface area (Å²) >= 11 is 3.21. The standard InChI is InChI=1S/C34H18N6OS2/c1-3-13-35-21(7-1)23-9-5-11-25(37-23)33-39-27-15-19-20-16-28-32(18-30(20)41-29(19)17-31(27)42-33)43-34(40-28)26-12-6-10-24(38-26)22-8-2-4-14-36-22/h1-18H. The smallest absolute Gasteiger partial charge is 0.143 e. The second-order valence-electron chi connectivity index (χ2n) is 10.0. The number of hydrogen-bond acceptors (Lipinski definition) is 9. The highest BCUT2D eigenvalue weighted by Crippen LogP contribution is 2.39. The zero-order chi connectivity index (χ0) is 28.3. The monoisotopic (exact) mass is 590 g/mol. The Balaban J connectivity index is 1.11. The summed E-state index contributed by atoms with van der Waals surface area (Å²) in [4.78, 5) is 28.5. The van der Waals surface area contributed by atoms with Crippen molar-refractivity contribution in [2.24, 2.45) is 0 Å². The van der Waals surface area contributed by atoms with Crippen LogP contribution in [0.1, 0.15) is 0 Å². The summed E-state index contributed by atoms with van der Waals surface area (Å²) < 4.78 is 8.46. The van der Waals surface area contributed by atoms with Gasteiger partial charge in [-0.1, -0.05) is 24.3 Å². The Morgan fingerprint density at radius 3 is 1.37 bits per heavy atom. The van der Waals surface area contributed by atoms with Crippen molar-refractivity contribution in [2.45, 2.75) is 0 Å². The summed E-state index contributed by atoms with van der Waals surface area (Å²) in [5.74, 6) is 0. The van der Waals surface area contributed by atoms with Crippen molar-refractivity contribution in [1.29, 1.82) is 0 Å². The maximum absolute atomic E-state index is 6.36. The summed E-state index contributed by atoms with van der Waals surface area (Å²) in [5.41, 5.74) is 8.44. The molecule has 7 nitrogen and oxygen atoms in total. The van der Waals surface area contributed by atoms with Crippen LogP contribution >= 0.6 is 22.7 Å². The van der Waals surface area contributed by atoms with E-state index in [0.29, 0.717) is 0 Å². The molecule has 7 heterocycles. The second-order valence-corrected chi connectivity index (χ2v) is 12.1. The number of thiazole rings is 2. The number of pyridine rings is 4. The average molecular weight is 591 g/mol. The van der Waals surface area contributed by atoms with Crippen LogP contribution in [-0.2, 0) is 0 Å². The van der Waals surface area contributed by atoms with Crippen LogP contribution in [0.25, 0.3) is 86.6 Å². The van der Waals surface area contributed by atoms with Gasteiger partial charge in [0, 0.05) is 35.3 Å². The lowest BCUT2D eigenvalue weighted by molar-refractivity contribution is 0.670. The van der Waals surface area contributed by atoms with Crippen LogP contribution in [0, 0.1) is 0 Å². The maximum atomic E-state index is 6.36. The van der Waals surface area contributed by atoms with E-state index < -0.39 is 0 Å². The Labute approximate surface area is 252 Å². The molecule has 9 aromatic rings. The molecule has 0 unspecified atom stereocenters. The lowest BCUT2D eigenvalue weighted by Crippen LogP contribution is -1.89. The van der Waals surface area contributed by atoms with Gasteiger partial charge in [0.25, 0.3) is 0 Å². The summed E-state index contributed by atoms with van der Waals surface area (Å²) in [5, 5.41) is 3.75. The fourth-order valence-electron chi connectivity index (χ4n) is 5.26. The highest BCUT2D eigenvalue weighted by Gasteiger charge is 2.17. The first kappa shape index (κ1) is 24.2. The molecule has 9 heteroatoms. The number of furan rings is 1. The molecule has 7 aromatic heterocycles. The van der Waals surface area contributed by atoms with Gasteiger partial charge in [0.15, 0.2) is 0 Å². The molecule has 0 aliphatic heterocycles. The van der Waals surface area contributed by atoms with Crippen molar-refractivity contribution in [1.82, 2.24) is 29.9 Å². The molecule has 0 bridgehead atoms. The van der Waals surface area contributed by atoms with Gasteiger partial charge in [0.1, 0.15) is 21.2 Å². The lowest BCUT2D eigenvalue weighted by atomic mass is 10.1. The third kappa shape index (κ3) is 4.17. The number of rotatable bonds is 4. The quantitative estimate of drug-likeness (QED) is 0.202. The minimum atomic E-state index is 0.822. The largest absolute Gasteiger partial charge is 0.456 e. The molecule has 0 amide bonds. The SMILES string of the molecule is c1ccc(-c2cccc(-c3nc4cc5c(cc4s3)oc3cc4sc(-c6cccc(-c7ccccn7)n6)nc4cc35)n2)nc1. The number of benzene rings is 2. The van der Waals surface area contributed by atoms with Crippen LogP contribution in [0.5, 0.6) is 0 Å². The minimum absolute atomic E-state index is 0.822. The molecule has 0 fully saturated rings. The van der Waals surface area contributed by atoms with Crippen molar-refractivity contribution in [3.8, 4) is 44.2 Å². The molecular formula is C34H18N6OS2. The molecular weight excluding hydrogens is 573 g/mol. The zero-order valence-corrected chi connectivity index (χ0v) is 23.9. The maximum Gasteiger partial charge on any atom is 0.143 e. The minimum Gasteiger partial charge on any atom is -0.456 e. The average Bonchev–Trinajstić information content (AvgIpc) is 3.78. The predicted octanol–water partition coefficient (Wildman–Crippen LogP) is 9.05. The van der Waals surface area contributed by atoms with Crippen LogP contribution < -0.4 is 0 Å². The van der Waals surface area contributed by atoms with Crippen LogP contribution in [0.15, 0.2) is 114 Å². The zero-order valence-electron chi connectivity index (χ0n) is 22.3. The number of nitrogens with zero attached hydrogens (tertiary/aromatic N) is 6. The van der Waals surface area contributed by atoms with Gasteiger partial charge < -0.3 is 4.42 Å². The third-order valence-corrected chi connectivity index (χ3v) is 9.36. The van der Waals surface area contributed by atoms with Gasteiger partial charge >= 0.3 is 0 Å². The van der Waals surface area contributed by atoms with Gasteiger partial charge in [-0.2, -0.15) is 0 Å². The van der Waals surface area contributed by atoms with E-state index in [-0.39, 0.29) is 0 Å². The van der Waals surface area contributed by atoms with Crippen LogP contribution in [-0.4, -0.2) is 29.9 Å². The molecule has 0 aliphatic carbocycles. The van der Waals surface area contributed by atoms with E-state index in [2.05, 4.69) is 34.2 Å². The molecule has 2 aromatic carbocycles. The van der Waals surface area contributed by atoms with Gasteiger partial charge in [-0.25, -0.2) is 19.9 Å². The first-order valence-electron chi connectivity index (χ1n) is 13.6. The summed E-state index contributed by atoms with van der Waals surface area (Å²) in [6.07, 6.45) is 3.55. The van der Waals surface area contributed by atoms with Crippen molar-refractivity contribution in [2.75, 3.05) is 0 Å². The molecule has 43 heavy (non-hydrogen) atoms. The lowest BCUT2D eigenvalue weighted by Gasteiger charge is -2.01. The van der Waals surface area contributed by atoms with Gasteiger partial charge in [-0.05, 0) is 60.7 Å². The van der Waals surface area contributed by atoms with E-state index in [1.165, 1.54) is 0 Å². The van der Waals surface area contributed by atoms with E-state index in [1.807, 2.05) is 72.8 Å². The van der Waals surface area contributed by atoms with E-state index >= 15 is 0 Å². The van der Waals surface area contributed by atoms with Crippen molar-refractivity contribution >= 4 is 65.0 Å². The first-order chi connectivity index (χ1) is 21.2. The van der Waals surface area contributed by atoms with E-state index in [9.17, 15) is 0 Å². The fourth-order valence-corrected chi connectivity index (χ4v) is 7.15. The van der Waals surface area contributed by atoms with Gasteiger partial charge in [0.05, 0.1) is 54.6 Å². The summed E-state index contributed by atoms with van der Waals surface area (Å²) in [6, 6.07) is 31.9. The molecule has 0 atom stereocenters. The van der Waals surface area contributed by atoms with Gasteiger partial charge in [-0.3, -0.25) is 9.97 Å². The number of aromatic nitrogens is 6. The Hall–Kier alpha value is -5.38. The van der Waals surface area contributed by atoms with Crippen molar-refractivity contribution < 1.29 is 4.42 Å². The Bertz CT molecular complexity index is 2290. The fraction of sp³-hybridized carbons (Fsp3) is 0. The normalized spacial score (nSPS) is 11.7. The topological polar surface area (TPSA) is 90.5 Å². The third-order valence-electron chi connectivity index (χ3n) is 7.28. The molecule has 0 radical (unpaired) electrons. The molecule has 0 saturated heterocycles. The number of hydrogen-bond donors (Lipinski definition) is 0. The summed E-state index contributed by atoms with van der Waals surface area (Å²) in [6.45, 7) is 0. The first-order valence-corrected chi connectivity index (χ1v) is 15.2. The van der Waals surface area contributed by atoms with Crippen molar-refractivity contribution in [3.63, 3.8) is 0 Å². The Morgan fingerprint density at radius 2 is 0.907 bits per heavy atom. The molecule has 9 rings (SSSR count). The molecule has 0 spiro atoms. The van der Waals surface area contributed by atoms with E-state index in [1.54, 1.807) is 35.1 Å².